The summed E-state index contributed by atoms with van der Waals surface area (Å²) in [6.07, 6.45) is 1.59. The molecule has 2 atom stereocenters. The van der Waals surface area contributed by atoms with Crippen molar-refractivity contribution in [3.63, 3.8) is 0 Å². The van der Waals surface area contributed by atoms with Crippen LogP contribution in [-0.4, -0.2) is 46.3 Å². The SMILES string of the molecule is CCS(=O)(=O)Cc1ccc(C(=O)c2cc(OC)c(F)cc2Cl)c(-c2cn(C)c(=O)cc2[C@H](C)C[S@@](=O)C(C)(C)C)c1. The standard InChI is InChI=1S/C30H35ClFNO6S2/c1-8-41(37,38)17-19-9-10-20(29(35)23-12-27(39-7)26(32)14-25(23)31)22(11-19)24-15-33(6)28(34)13-21(24)18(2)16-40(36)30(3,4)5/h9-15,18H,8,16-17H2,1-7H3/t18-,40-/m1/s1. The van der Waals surface area contributed by atoms with E-state index in [2.05, 4.69) is 0 Å². The quantitative estimate of drug-likeness (QED) is 0.270. The van der Waals surface area contributed by atoms with Crippen LogP contribution in [0.2, 0.25) is 5.02 Å². The van der Waals surface area contributed by atoms with Crippen molar-refractivity contribution in [2.24, 2.45) is 7.05 Å². The number of methoxy groups -OCH3 is 1. The summed E-state index contributed by atoms with van der Waals surface area (Å²) in [5.74, 6) is -1.83. The lowest BCUT2D eigenvalue weighted by Gasteiger charge is -2.23. The van der Waals surface area contributed by atoms with Gasteiger partial charge in [0.25, 0.3) is 5.56 Å². The molecule has 0 amide bonds. The van der Waals surface area contributed by atoms with Gasteiger partial charge in [-0.05, 0) is 61.6 Å². The number of aromatic nitrogens is 1. The summed E-state index contributed by atoms with van der Waals surface area (Å²) < 4.78 is 58.2. The third-order valence-corrected chi connectivity index (χ3v) is 10.9. The van der Waals surface area contributed by atoms with Crippen molar-refractivity contribution in [2.75, 3.05) is 18.6 Å². The van der Waals surface area contributed by atoms with E-state index < -0.39 is 37.0 Å². The molecule has 0 fully saturated rings. The first-order valence-electron chi connectivity index (χ1n) is 13.0. The maximum Gasteiger partial charge on any atom is 0.250 e. The zero-order valence-corrected chi connectivity index (χ0v) is 26.6. The fourth-order valence-electron chi connectivity index (χ4n) is 4.31. The van der Waals surface area contributed by atoms with Crippen molar-refractivity contribution in [1.82, 2.24) is 4.57 Å². The van der Waals surface area contributed by atoms with Crippen LogP contribution in [0.5, 0.6) is 5.75 Å². The van der Waals surface area contributed by atoms with Crippen molar-refractivity contribution in [3.8, 4) is 16.9 Å². The molecule has 0 N–H and O–H groups in total. The molecule has 1 heterocycles. The van der Waals surface area contributed by atoms with Crippen molar-refractivity contribution < 1.29 is 26.5 Å². The van der Waals surface area contributed by atoms with Gasteiger partial charge in [-0.3, -0.25) is 13.8 Å². The predicted octanol–water partition coefficient (Wildman–Crippen LogP) is 5.67. The molecule has 41 heavy (non-hydrogen) atoms. The van der Waals surface area contributed by atoms with Crippen LogP contribution in [0.1, 0.15) is 67.6 Å². The van der Waals surface area contributed by atoms with E-state index in [9.17, 15) is 26.6 Å². The Morgan fingerprint density at radius 1 is 1.12 bits per heavy atom. The summed E-state index contributed by atoms with van der Waals surface area (Å²) in [6, 6.07) is 8.35. The number of sulfone groups is 1. The minimum atomic E-state index is -3.41. The van der Waals surface area contributed by atoms with E-state index in [0.29, 0.717) is 22.3 Å². The summed E-state index contributed by atoms with van der Waals surface area (Å²) in [6.45, 7) is 9.03. The lowest BCUT2D eigenvalue weighted by atomic mass is 9.88. The highest BCUT2D eigenvalue weighted by Gasteiger charge is 2.27. The molecular weight excluding hydrogens is 589 g/mol. The number of ether oxygens (including phenoxy) is 1. The molecule has 0 saturated heterocycles. The van der Waals surface area contributed by atoms with Crippen LogP contribution in [0.15, 0.2) is 47.4 Å². The predicted molar refractivity (Wildman–Crippen MR) is 163 cm³/mol. The molecule has 0 bridgehead atoms. The molecule has 0 spiro atoms. The number of carbonyl (C=O) groups excluding carboxylic acids is 1. The van der Waals surface area contributed by atoms with Gasteiger partial charge >= 0.3 is 0 Å². The summed E-state index contributed by atoms with van der Waals surface area (Å²) in [7, 11) is -1.80. The number of rotatable bonds is 10. The fourth-order valence-corrected chi connectivity index (χ4v) is 6.57. The summed E-state index contributed by atoms with van der Waals surface area (Å²) >= 11 is 6.29. The lowest BCUT2D eigenvalue weighted by molar-refractivity contribution is 0.103. The maximum atomic E-state index is 14.3. The molecule has 3 rings (SSSR count). The third kappa shape index (κ3) is 7.53. The third-order valence-electron chi connectivity index (χ3n) is 6.81. The lowest BCUT2D eigenvalue weighted by Crippen LogP contribution is -2.27. The first-order chi connectivity index (χ1) is 19.0. The molecule has 3 aromatic rings. The highest BCUT2D eigenvalue weighted by Crippen LogP contribution is 2.36. The van der Waals surface area contributed by atoms with Gasteiger partial charge in [0.1, 0.15) is 0 Å². The van der Waals surface area contributed by atoms with Gasteiger partial charge in [0.2, 0.25) is 0 Å². The van der Waals surface area contributed by atoms with Crippen molar-refractivity contribution in [3.05, 3.63) is 86.0 Å². The van der Waals surface area contributed by atoms with E-state index in [1.54, 1.807) is 32.3 Å². The fraction of sp³-hybridized carbons (Fsp3) is 0.400. The van der Waals surface area contributed by atoms with Gasteiger partial charge < -0.3 is 9.30 Å². The second-order valence-electron chi connectivity index (χ2n) is 11.0. The van der Waals surface area contributed by atoms with Crippen LogP contribution in [0.3, 0.4) is 0 Å². The average molecular weight is 624 g/mol. The zero-order chi connectivity index (χ0) is 30.9. The highest BCUT2D eigenvalue weighted by molar-refractivity contribution is 7.90. The average Bonchev–Trinajstić information content (AvgIpc) is 2.89. The normalized spacial score (nSPS) is 13.6. The molecule has 0 aliphatic heterocycles. The molecule has 0 radical (unpaired) electrons. The number of aryl methyl sites for hydroxylation is 1. The number of halogens is 2. The summed E-state index contributed by atoms with van der Waals surface area (Å²) in [5, 5.41) is -0.119. The number of pyridine rings is 1. The molecule has 0 aliphatic carbocycles. The molecule has 1 aromatic heterocycles. The van der Waals surface area contributed by atoms with Gasteiger partial charge in [0, 0.05) is 63.1 Å². The van der Waals surface area contributed by atoms with Gasteiger partial charge in [-0.15, -0.1) is 0 Å². The van der Waals surface area contributed by atoms with E-state index in [1.807, 2.05) is 27.7 Å². The molecule has 0 saturated carbocycles. The first-order valence-corrected chi connectivity index (χ1v) is 16.5. The Morgan fingerprint density at radius 2 is 1.78 bits per heavy atom. The van der Waals surface area contributed by atoms with E-state index >= 15 is 0 Å². The Hall–Kier alpha value is -2.82. The summed E-state index contributed by atoms with van der Waals surface area (Å²) in [5.41, 5.74) is 1.77. The second-order valence-corrected chi connectivity index (χ2v) is 16.0. The van der Waals surface area contributed by atoms with Crippen molar-refractivity contribution >= 4 is 38.0 Å². The number of hydrogen-bond acceptors (Lipinski definition) is 6. The molecular formula is C30H35ClFNO6S2. The van der Waals surface area contributed by atoms with Crippen LogP contribution < -0.4 is 10.3 Å². The van der Waals surface area contributed by atoms with Gasteiger partial charge in [-0.25, -0.2) is 12.8 Å². The molecule has 0 unspecified atom stereocenters. The Bertz CT molecular complexity index is 1680. The number of benzene rings is 2. The Labute approximate surface area is 248 Å². The number of hydrogen-bond donors (Lipinski definition) is 0. The molecule has 2 aromatic carbocycles. The highest BCUT2D eigenvalue weighted by atomic mass is 35.5. The Kier molecular flexibility index (Phi) is 10.0. The van der Waals surface area contributed by atoms with Gasteiger partial charge in [-0.1, -0.05) is 37.6 Å². The van der Waals surface area contributed by atoms with E-state index in [1.165, 1.54) is 29.9 Å². The van der Waals surface area contributed by atoms with Crippen molar-refractivity contribution in [2.45, 2.75) is 51.0 Å². The minimum Gasteiger partial charge on any atom is -0.494 e. The van der Waals surface area contributed by atoms with E-state index in [4.69, 9.17) is 16.3 Å². The Morgan fingerprint density at radius 3 is 2.37 bits per heavy atom. The number of carbonyl (C=O) groups is 1. The van der Waals surface area contributed by atoms with Gasteiger partial charge in [0.15, 0.2) is 27.2 Å². The van der Waals surface area contributed by atoms with Crippen LogP contribution in [0.4, 0.5) is 4.39 Å². The van der Waals surface area contributed by atoms with Gasteiger partial charge in [-0.2, -0.15) is 0 Å². The monoisotopic (exact) mass is 623 g/mol. The maximum absolute atomic E-state index is 14.3. The van der Waals surface area contributed by atoms with Crippen LogP contribution >= 0.6 is 11.6 Å². The minimum absolute atomic E-state index is 0.00616. The van der Waals surface area contributed by atoms with Crippen LogP contribution in [0.25, 0.3) is 11.1 Å². The molecule has 7 nitrogen and oxygen atoms in total. The smallest absolute Gasteiger partial charge is 0.250 e. The molecule has 222 valence electrons. The topological polar surface area (TPSA) is 99.5 Å². The summed E-state index contributed by atoms with van der Waals surface area (Å²) in [4.78, 5) is 26.7. The van der Waals surface area contributed by atoms with Gasteiger partial charge in [0.05, 0.1) is 17.9 Å². The second kappa shape index (κ2) is 12.6. The zero-order valence-electron chi connectivity index (χ0n) is 24.2. The number of ketones is 1. The molecule has 0 aliphatic rings. The molecule has 11 heteroatoms. The largest absolute Gasteiger partial charge is 0.494 e. The number of nitrogens with zero attached hydrogens (tertiary/aromatic N) is 1. The van der Waals surface area contributed by atoms with Crippen LogP contribution in [0, 0.1) is 5.82 Å². The van der Waals surface area contributed by atoms with E-state index in [0.717, 1.165) is 6.07 Å². The Balaban J connectivity index is 2.33. The first kappa shape index (κ1) is 32.7. The van der Waals surface area contributed by atoms with Crippen molar-refractivity contribution in [1.29, 1.82) is 0 Å². The van der Waals surface area contributed by atoms with E-state index in [-0.39, 0.29) is 50.6 Å². The van der Waals surface area contributed by atoms with Crippen LogP contribution in [-0.2, 0) is 33.4 Å².